The zero-order valence-corrected chi connectivity index (χ0v) is 10.9. The van der Waals surface area contributed by atoms with Gasteiger partial charge in [-0.1, -0.05) is 0 Å². The van der Waals surface area contributed by atoms with Crippen LogP contribution in [0.2, 0.25) is 0 Å². The van der Waals surface area contributed by atoms with Crippen molar-refractivity contribution in [1.29, 1.82) is 0 Å². The van der Waals surface area contributed by atoms with E-state index in [1.807, 2.05) is 4.90 Å². The Morgan fingerprint density at radius 2 is 2.12 bits per heavy atom. The maximum atomic E-state index is 11.5. The van der Waals surface area contributed by atoms with E-state index in [2.05, 4.69) is 9.97 Å². The summed E-state index contributed by atoms with van der Waals surface area (Å²) in [6.07, 6.45) is 3.90. The molecule has 2 rings (SSSR count). The number of alkyl halides is 1. The molecule has 2 heterocycles. The van der Waals surface area contributed by atoms with E-state index in [1.54, 1.807) is 12.4 Å². The Bertz CT molecular complexity index is 492. The highest BCUT2D eigenvalue weighted by Crippen LogP contribution is 2.14. The molecule has 1 aliphatic rings. The van der Waals surface area contributed by atoms with Gasteiger partial charge in [-0.25, -0.2) is 13.4 Å². The molecule has 1 fully saturated rings. The van der Waals surface area contributed by atoms with Crippen LogP contribution in [0.15, 0.2) is 12.4 Å². The lowest BCUT2D eigenvalue weighted by Crippen LogP contribution is -2.27. The molecule has 0 bridgehead atoms. The first kappa shape index (κ1) is 12.6. The van der Waals surface area contributed by atoms with Gasteiger partial charge in [0.15, 0.2) is 9.84 Å². The third kappa shape index (κ3) is 3.29. The monoisotopic (exact) mass is 275 g/mol. The molecule has 1 aromatic rings. The Balaban J connectivity index is 2.16. The van der Waals surface area contributed by atoms with Crippen molar-refractivity contribution >= 4 is 27.3 Å². The summed E-state index contributed by atoms with van der Waals surface area (Å²) >= 11 is 5.70. The molecule has 1 saturated heterocycles. The summed E-state index contributed by atoms with van der Waals surface area (Å²) in [4.78, 5) is 10.4. The summed E-state index contributed by atoms with van der Waals surface area (Å²) in [6.45, 7) is 1.17. The highest BCUT2D eigenvalue weighted by atomic mass is 35.5. The summed E-state index contributed by atoms with van der Waals surface area (Å²) < 4.78 is 23.0. The number of aromatic nitrogens is 2. The Labute approximate surface area is 106 Å². The number of anilines is 1. The molecule has 17 heavy (non-hydrogen) atoms. The quantitative estimate of drug-likeness (QED) is 0.749. The molecule has 0 amide bonds. The molecule has 0 unspecified atom stereocenters. The Morgan fingerprint density at radius 1 is 1.29 bits per heavy atom. The third-order valence-electron chi connectivity index (χ3n) is 2.69. The van der Waals surface area contributed by atoms with Crippen LogP contribution in [-0.4, -0.2) is 43.0 Å². The molecular formula is C10H14ClN3O2S. The second-order valence-electron chi connectivity index (χ2n) is 3.99. The fourth-order valence-corrected chi connectivity index (χ4v) is 3.18. The van der Waals surface area contributed by atoms with E-state index in [4.69, 9.17) is 11.6 Å². The van der Waals surface area contributed by atoms with Gasteiger partial charge in [-0.15, -0.1) is 11.6 Å². The van der Waals surface area contributed by atoms with Crippen molar-refractivity contribution in [1.82, 2.24) is 9.97 Å². The molecule has 0 aliphatic carbocycles. The molecule has 94 valence electrons. The number of rotatable bonds is 2. The average molecular weight is 276 g/mol. The lowest BCUT2D eigenvalue weighted by atomic mass is 10.4. The Kier molecular flexibility index (Phi) is 3.83. The van der Waals surface area contributed by atoms with Crippen molar-refractivity contribution in [3.8, 4) is 0 Å². The lowest BCUT2D eigenvalue weighted by molar-refractivity contribution is 0.597. The molecular weight excluding hydrogens is 262 g/mol. The molecule has 1 aromatic heterocycles. The van der Waals surface area contributed by atoms with Gasteiger partial charge in [0.1, 0.15) is 5.82 Å². The maximum Gasteiger partial charge on any atom is 0.152 e. The van der Waals surface area contributed by atoms with Gasteiger partial charge >= 0.3 is 0 Å². The molecule has 0 atom stereocenters. The molecule has 0 radical (unpaired) electrons. The second-order valence-corrected chi connectivity index (χ2v) is 6.57. The van der Waals surface area contributed by atoms with Crippen LogP contribution in [0.25, 0.3) is 0 Å². The first-order valence-electron chi connectivity index (χ1n) is 5.43. The minimum Gasteiger partial charge on any atom is -0.354 e. The van der Waals surface area contributed by atoms with Crippen LogP contribution >= 0.6 is 11.6 Å². The predicted octanol–water partition coefficient (Wildman–Crippen LogP) is 0.840. The van der Waals surface area contributed by atoms with Gasteiger partial charge in [0.05, 0.1) is 29.3 Å². The van der Waals surface area contributed by atoms with Crippen LogP contribution < -0.4 is 4.90 Å². The minimum absolute atomic E-state index is 0.180. The number of hydrogen-bond acceptors (Lipinski definition) is 5. The highest BCUT2D eigenvalue weighted by Gasteiger charge is 2.20. The van der Waals surface area contributed by atoms with Crippen molar-refractivity contribution in [2.45, 2.75) is 12.3 Å². The van der Waals surface area contributed by atoms with E-state index in [0.717, 1.165) is 0 Å². The van der Waals surface area contributed by atoms with Gasteiger partial charge in [0.25, 0.3) is 0 Å². The summed E-state index contributed by atoms with van der Waals surface area (Å²) in [5, 5.41) is 0. The maximum absolute atomic E-state index is 11.5. The van der Waals surface area contributed by atoms with E-state index >= 15 is 0 Å². The Morgan fingerprint density at radius 3 is 2.88 bits per heavy atom. The van der Waals surface area contributed by atoms with Gasteiger partial charge in [-0.05, 0) is 6.42 Å². The van der Waals surface area contributed by atoms with Crippen LogP contribution in [0.5, 0.6) is 0 Å². The van der Waals surface area contributed by atoms with Crippen molar-refractivity contribution in [2.75, 3.05) is 29.5 Å². The van der Waals surface area contributed by atoms with Crippen molar-refractivity contribution in [3.05, 3.63) is 18.1 Å². The van der Waals surface area contributed by atoms with Crippen LogP contribution in [-0.2, 0) is 15.7 Å². The first-order valence-corrected chi connectivity index (χ1v) is 7.78. The van der Waals surface area contributed by atoms with Gasteiger partial charge in [0, 0.05) is 19.3 Å². The van der Waals surface area contributed by atoms with E-state index in [9.17, 15) is 8.42 Å². The number of hydrogen-bond donors (Lipinski definition) is 0. The van der Waals surface area contributed by atoms with Gasteiger partial charge < -0.3 is 4.90 Å². The van der Waals surface area contributed by atoms with Crippen LogP contribution in [0.3, 0.4) is 0 Å². The van der Waals surface area contributed by atoms with Crippen LogP contribution in [0.1, 0.15) is 12.1 Å². The molecule has 0 spiro atoms. The van der Waals surface area contributed by atoms with Crippen LogP contribution in [0.4, 0.5) is 5.82 Å². The zero-order valence-electron chi connectivity index (χ0n) is 9.34. The molecule has 0 N–H and O–H groups in total. The van der Waals surface area contributed by atoms with E-state index in [0.29, 0.717) is 36.9 Å². The predicted molar refractivity (Wildman–Crippen MR) is 67.1 cm³/mol. The van der Waals surface area contributed by atoms with E-state index in [-0.39, 0.29) is 11.5 Å². The normalized spacial score (nSPS) is 19.9. The fourth-order valence-electron chi connectivity index (χ4n) is 1.78. The molecule has 7 heteroatoms. The van der Waals surface area contributed by atoms with Gasteiger partial charge in [-0.3, -0.25) is 4.98 Å². The lowest BCUT2D eigenvalue weighted by Gasteiger charge is -2.20. The molecule has 5 nitrogen and oxygen atoms in total. The van der Waals surface area contributed by atoms with Crippen molar-refractivity contribution in [2.24, 2.45) is 0 Å². The SMILES string of the molecule is O=S1(=O)CCCN(c2cncc(CCl)n2)CC1. The third-order valence-corrected chi connectivity index (χ3v) is 4.68. The fraction of sp³-hybridized carbons (Fsp3) is 0.600. The first-order chi connectivity index (χ1) is 8.11. The summed E-state index contributed by atoms with van der Waals surface area (Å²) in [7, 11) is -2.89. The van der Waals surface area contributed by atoms with E-state index < -0.39 is 9.84 Å². The topological polar surface area (TPSA) is 63.2 Å². The Hall–Kier alpha value is -0.880. The van der Waals surface area contributed by atoms with Crippen LogP contribution in [0, 0.1) is 0 Å². The number of sulfone groups is 1. The average Bonchev–Trinajstić information content (AvgIpc) is 2.50. The van der Waals surface area contributed by atoms with Gasteiger partial charge in [0.2, 0.25) is 0 Å². The van der Waals surface area contributed by atoms with E-state index in [1.165, 1.54) is 0 Å². The summed E-state index contributed by atoms with van der Waals surface area (Å²) in [5.41, 5.74) is 0.705. The largest absolute Gasteiger partial charge is 0.354 e. The number of halogens is 1. The van der Waals surface area contributed by atoms with Crippen molar-refractivity contribution < 1.29 is 8.42 Å². The summed E-state index contributed by atoms with van der Waals surface area (Å²) in [6, 6.07) is 0. The molecule has 0 aromatic carbocycles. The van der Waals surface area contributed by atoms with Gasteiger partial charge in [-0.2, -0.15) is 0 Å². The highest BCUT2D eigenvalue weighted by molar-refractivity contribution is 7.91. The molecule has 1 aliphatic heterocycles. The standard InChI is InChI=1S/C10H14ClN3O2S/c11-6-9-7-12-8-10(13-9)14-2-1-4-17(15,16)5-3-14/h7-8H,1-6H2. The number of nitrogens with zero attached hydrogens (tertiary/aromatic N) is 3. The smallest absolute Gasteiger partial charge is 0.152 e. The van der Waals surface area contributed by atoms with Crippen molar-refractivity contribution in [3.63, 3.8) is 0 Å². The zero-order chi connectivity index (χ0) is 12.3. The molecule has 0 saturated carbocycles. The minimum atomic E-state index is -2.89. The summed E-state index contributed by atoms with van der Waals surface area (Å²) in [5.74, 6) is 1.46. The second kappa shape index (κ2) is 5.18.